The third-order valence-corrected chi connectivity index (χ3v) is 4.94. The van der Waals surface area contributed by atoms with Crippen molar-refractivity contribution in [3.63, 3.8) is 0 Å². The fourth-order valence-corrected chi connectivity index (χ4v) is 2.59. The summed E-state index contributed by atoms with van der Waals surface area (Å²) in [5, 5.41) is 9.21. The Kier molecular flexibility index (Phi) is 5.53. The molecule has 0 unspecified atom stereocenters. The zero-order valence-corrected chi connectivity index (χ0v) is 11.6. The molecule has 0 aliphatic carbocycles. The van der Waals surface area contributed by atoms with Crippen molar-refractivity contribution >= 4 is 23.5 Å². The number of carbonyl (C=O) groups excluding carboxylic acids is 1. The van der Waals surface area contributed by atoms with Crippen molar-refractivity contribution in [1.82, 2.24) is 0 Å². The minimum absolute atomic E-state index is 0.146. The van der Waals surface area contributed by atoms with Gasteiger partial charge in [-0.25, -0.2) is 0 Å². The maximum absolute atomic E-state index is 12.5. The molecule has 0 saturated heterocycles. The Morgan fingerprint density at radius 2 is 1.50 bits per heavy atom. The summed E-state index contributed by atoms with van der Waals surface area (Å²) in [7, 11) is 0. The lowest BCUT2D eigenvalue weighted by molar-refractivity contribution is -0.147. The summed E-state index contributed by atoms with van der Waals surface area (Å²) in [6.45, 7) is 7.37. The maximum Gasteiger partial charge on any atom is 0.327 e. The van der Waals surface area contributed by atoms with Crippen LogP contribution in [0.4, 0.5) is 0 Å². The van der Waals surface area contributed by atoms with Crippen LogP contribution in [0.5, 0.6) is 0 Å². The summed E-state index contributed by atoms with van der Waals surface area (Å²) in [5.74, 6) is -1.18. The van der Waals surface area contributed by atoms with E-state index in [-0.39, 0.29) is 5.78 Å². The van der Waals surface area contributed by atoms with Crippen molar-refractivity contribution in [2.75, 3.05) is 6.26 Å². The third kappa shape index (κ3) is 2.42. The first-order valence-corrected chi connectivity index (χ1v) is 6.90. The van der Waals surface area contributed by atoms with Gasteiger partial charge in [0.25, 0.3) is 0 Å². The molecule has 0 aromatic heterocycles. The zero-order valence-electron chi connectivity index (χ0n) is 10.8. The number of rotatable bonds is 7. The van der Waals surface area contributed by atoms with Crippen molar-refractivity contribution in [3.8, 4) is 0 Å². The van der Waals surface area contributed by atoms with E-state index in [9.17, 15) is 14.7 Å². The number of carbonyl (C=O) groups is 2. The molecule has 16 heavy (non-hydrogen) atoms. The number of carboxylic acid groups (broad SMARTS) is 1. The fourth-order valence-electron chi connectivity index (χ4n) is 2.01. The molecule has 0 rings (SSSR count). The Balaban J connectivity index is 5.37. The quantitative estimate of drug-likeness (QED) is 0.702. The topological polar surface area (TPSA) is 54.4 Å². The number of thioether (sulfide) groups is 1. The highest BCUT2D eigenvalue weighted by atomic mass is 32.2. The summed E-state index contributed by atoms with van der Waals surface area (Å²) in [6, 6.07) is 0. The van der Waals surface area contributed by atoms with Gasteiger partial charge in [-0.15, -0.1) is 11.8 Å². The van der Waals surface area contributed by atoms with Crippen LogP contribution in [-0.2, 0) is 9.59 Å². The SMILES string of the molecule is CCC(CC)(CC)C(=O)[C@](C)(SC)C(=O)O. The Hall–Kier alpha value is -0.510. The van der Waals surface area contributed by atoms with Crippen molar-refractivity contribution in [2.24, 2.45) is 5.41 Å². The third-order valence-electron chi connectivity index (χ3n) is 3.76. The number of Topliss-reactive ketones (excluding diaryl/α,β-unsaturated/α-hetero) is 1. The smallest absolute Gasteiger partial charge is 0.327 e. The molecule has 0 aromatic carbocycles. The van der Waals surface area contributed by atoms with Gasteiger partial charge in [-0.3, -0.25) is 9.59 Å². The van der Waals surface area contributed by atoms with E-state index in [0.29, 0.717) is 19.3 Å². The summed E-state index contributed by atoms with van der Waals surface area (Å²) < 4.78 is -1.32. The number of hydrogen-bond donors (Lipinski definition) is 1. The standard InChI is InChI=1S/C12H22O3S/c1-6-12(7-2,8-3)9(13)11(4,16-5)10(14)15/h6-8H2,1-5H3,(H,14,15)/t11-/m0/s1. The molecule has 0 radical (unpaired) electrons. The number of ketones is 1. The minimum atomic E-state index is -1.32. The van der Waals surface area contributed by atoms with Crippen molar-refractivity contribution in [3.05, 3.63) is 0 Å². The van der Waals surface area contributed by atoms with E-state index >= 15 is 0 Å². The highest BCUT2D eigenvalue weighted by Gasteiger charge is 2.49. The van der Waals surface area contributed by atoms with Crippen molar-refractivity contribution in [2.45, 2.75) is 51.7 Å². The van der Waals surface area contributed by atoms with E-state index in [0.717, 1.165) is 11.8 Å². The highest BCUT2D eigenvalue weighted by Crippen LogP contribution is 2.40. The molecule has 0 aliphatic heterocycles. The monoisotopic (exact) mass is 246 g/mol. The summed E-state index contributed by atoms with van der Waals surface area (Å²) in [5.41, 5.74) is -0.490. The molecule has 94 valence electrons. The first kappa shape index (κ1) is 15.5. The van der Waals surface area contributed by atoms with E-state index in [4.69, 9.17) is 0 Å². The van der Waals surface area contributed by atoms with Crippen LogP contribution in [0.1, 0.15) is 47.0 Å². The van der Waals surface area contributed by atoms with E-state index < -0.39 is 16.1 Å². The van der Waals surface area contributed by atoms with E-state index in [1.54, 1.807) is 6.26 Å². The highest BCUT2D eigenvalue weighted by molar-refractivity contribution is 8.01. The fraction of sp³-hybridized carbons (Fsp3) is 0.833. The molecule has 3 nitrogen and oxygen atoms in total. The second kappa shape index (κ2) is 5.71. The molecule has 1 N–H and O–H groups in total. The predicted molar refractivity (Wildman–Crippen MR) is 67.9 cm³/mol. The van der Waals surface area contributed by atoms with Crippen LogP contribution in [0, 0.1) is 5.41 Å². The summed E-state index contributed by atoms with van der Waals surface area (Å²) in [6.07, 6.45) is 3.77. The largest absolute Gasteiger partial charge is 0.480 e. The van der Waals surface area contributed by atoms with Gasteiger partial charge < -0.3 is 5.11 Å². The molecular weight excluding hydrogens is 224 g/mol. The van der Waals surface area contributed by atoms with E-state index in [1.165, 1.54) is 6.92 Å². The molecule has 0 fully saturated rings. The lowest BCUT2D eigenvalue weighted by atomic mass is 9.72. The Labute approximate surface area is 102 Å². The van der Waals surface area contributed by atoms with Gasteiger partial charge >= 0.3 is 5.97 Å². The molecule has 0 heterocycles. The molecule has 1 atom stereocenters. The number of aliphatic carboxylic acids is 1. The van der Waals surface area contributed by atoms with Gasteiger partial charge in [0, 0.05) is 5.41 Å². The predicted octanol–water partition coefficient (Wildman–Crippen LogP) is 2.98. The number of hydrogen-bond acceptors (Lipinski definition) is 3. The Bertz CT molecular complexity index is 263. The van der Waals surface area contributed by atoms with Gasteiger partial charge in [0.05, 0.1) is 0 Å². The van der Waals surface area contributed by atoms with Gasteiger partial charge in [0.15, 0.2) is 10.5 Å². The summed E-state index contributed by atoms with van der Waals surface area (Å²) >= 11 is 1.11. The van der Waals surface area contributed by atoms with Crippen LogP contribution >= 0.6 is 11.8 Å². The molecule has 0 amide bonds. The lowest BCUT2D eigenvalue weighted by Gasteiger charge is -2.35. The van der Waals surface area contributed by atoms with Gasteiger partial charge in [0.1, 0.15) is 0 Å². The van der Waals surface area contributed by atoms with Gasteiger partial charge in [-0.1, -0.05) is 20.8 Å². The molecule has 0 aliphatic rings. The second-order valence-electron chi connectivity index (χ2n) is 4.21. The normalized spacial score (nSPS) is 15.6. The second-order valence-corrected chi connectivity index (χ2v) is 5.44. The van der Waals surface area contributed by atoms with Crippen molar-refractivity contribution < 1.29 is 14.7 Å². The molecule has 4 heteroatoms. The van der Waals surface area contributed by atoms with E-state index in [2.05, 4.69) is 0 Å². The summed E-state index contributed by atoms with van der Waals surface area (Å²) in [4.78, 5) is 23.7. The number of carboxylic acids is 1. The van der Waals surface area contributed by atoms with Crippen molar-refractivity contribution in [1.29, 1.82) is 0 Å². The van der Waals surface area contributed by atoms with Crippen LogP contribution in [0.15, 0.2) is 0 Å². The first-order valence-electron chi connectivity index (χ1n) is 5.68. The zero-order chi connectivity index (χ0) is 13.0. The molecule has 0 bridgehead atoms. The van der Waals surface area contributed by atoms with Crippen LogP contribution in [0.25, 0.3) is 0 Å². The van der Waals surface area contributed by atoms with Crippen LogP contribution in [0.3, 0.4) is 0 Å². The molecule has 0 saturated carbocycles. The first-order chi connectivity index (χ1) is 7.34. The van der Waals surface area contributed by atoms with Crippen LogP contribution in [0.2, 0.25) is 0 Å². The van der Waals surface area contributed by atoms with Gasteiger partial charge in [0.2, 0.25) is 0 Å². The van der Waals surface area contributed by atoms with Gasteiger partial charge in [-0.2, -0.15) is 0 Å². The lowest BCUT2D eigenvalue weighted by Crippen LogP contribution is -2.49. The molecular formula is C12H22O3S. The average molecular weight is 246 g/mol. The van der Waals surface area contributed by atoms with E-state index in [1.807, 2.05) is 20.8 Å². The van der Waals surface area contributed by atoms with Crippen LogP contribution < -0.4 is 0 Å². The van der Waals surface area contributed by atoms with Crippen LogP contribution in [-0.4, -0.2) is 27.9 Å². The average Bonchev–Trinajstić information content (AvgIpc) is 2.30. The Morgan fingerprint density at radius 3 is 1.69 bits per heavy atom. The molecule has 0 aromatic rings. The Morgan fingerprint density at radius 1 is 1.12 bits per heavy atom. The maximum atomic E-state index is 12.5. The minimum Gasteiger partial charge on any atom is -0.480 e. The van der Waals surface area contributed by atoms with Gasteiger partial charge in [-0.05, 0) is 32.4 Å². The molecule has 0 spiro atoms.